The maximum absolute atomic E-state index is 14.7. The van der Waals surface area contributed by atoms with E-state index < -0.39 is 11.7 Å². The van der Waals surface area contributed by atoms with Crippen LogP contribution in [0.3, 0.4) is 0 Å². The summed E-state index contributed by atoms with van der Waals surface area (Å²) in [6.07, 6.45) is 1.44. The van der Waals surface area contributed by atoms with Crippen LogP contribution in [0.2, 0.25) is 15.1 Å². The van der Waals surface area contributed by atoms with Gasteiger partial charge in [-0.15, -0.1) is 0 Å². The van der Waals surface area contributed by atoms with Gasteiger partial charge in [-0.3, -0.25) is 4.79 Å². The van der Waals surface area contributed by atoms with Crippen molar-refractivity contribution in [2.24, 2.45) is 7.05 Å². The summed E-state index contributed by atoms with van der Waals surface area (Å²) >= 11 is 18.3. The molecule has 30 heavy (non-hydrogen) atoms. The lowest BCUT2D eigenvalue weighted by molar-refractivity contribution is 0.102. The van der Waals surface area contributed by atoms with E-state index in [0.717, 1.165) is 0 Å². The molecule has 0 fully saturated rings. The third-order valence-electron chi connectivity index (χ3n) is 4.38. The van der Waals surface area contributed by atoms with Gasteiger partial charge in [-0.2, -0.15) is 0 Å². The van der Waals surface area contributed by atoms with Gasteiger partial charge in [-0.05, 0) is 30.3 Å². The Hall–Kier alpha value is -2.87. The van der Waals surface area contributed by atoms with Gasteiger partial charge in [0.1, 0.15) is 11.6 Å². The van der Waals surface area contributed by atoms with Crippen LogP contribution in [0, 0.1) is 5.82 Å². The summed E-state index contributed by atoms with van der Waals surface area (Å²) in [4.78, 5) is 21.0. The molecule has 0 saturated carbocycles. The number of hydrogen-bond acceptors (Lipinski definition) is 4. The largest absolute Gasteiger partial charge is 0.323 e. The van der Waals surface area contributed by atoms with Crippen molar-refractivity contribution in [2.75, 3.05) is 10.6 Å². The molecule has 1 amide bonds. The second kappa shape index (κ2) is 8.10. The number of imidazole rings is 1. The van der Waals surface area contributed by atoms with E-state index >= 15 is 0 Å². The number of benzene rings is 2. The first-order valence-electron chi connectivity index (χ1n) is 8.63. The first-order chi connectivity index (χ1) is 14.3. The predicted molar refractivity (Wildman–Crippen MR) is 118 cm³/mol. The van der Waals surface area contributed by atoms with Gasteiger partial charge < -0.3 is 15.2 Å². The number of aromatic nitrogens is 3. The molecule has 0 atom stereocenters. The minimum absolute atomic E-state index is 0.176. The zero-order valence-electron chi connectivity index (χ0n) is 15.4. The highest BCUT2D eigenvalue weighted by molar-refractivity contribution is 6.39. The average Bonchev–Trinajstić information content (AvgIpc) is 2.99. The number of hydrogen-bond donors (Lipinski definition) is 2. The summed E-state index contributed by atoms with van der Waals surface area (Å²) in [7, 11) is 1.71. The van der Waals surface area contributed by atoms with Crippen LogP contribution in [0.4, 0.5) is 21.8 Å². The Morgan fingerprint density at radius 3 is 2.53 bits per heavy atom. The predicted octanol–water partition coefficient (Wildman–Crippen LogP) is 6.06. The van der Waals surface area contributed by atoms with Crippen molar-refractivity contribution in [3.05, 3.63) is 75.1 Å². The molecular weight excluding hydrogens is 452 g/mol. The fourth-order valence-corrected chi connectivity index (χ4v) is 3.54. The summed E-state index contributed by atoms with van der Waals surface area (Å²) < 4.78 is 16.3. The number of carbonyl (C=O) groups excluding carboxylic acids is 1. The number of aryl methyl sites for hydroxylation is 1. The van der Waals surface area contributed by atoms with Gasteiger partial charge in [0.05, 0.1) is 32.3 Å². The second-order valence-electron chi connectivity index (χ2n) is 6.35. The molecule has 0 aliphatic carbocycles. The minimum atomic E-state index is -0.702. The normalized spacial score (nSPS) is 11.0. The number of halogens is 4. The Bertz CT molecular complexity index is 1270. The van der Waals surface area contributed by atoms with Crippen molar-refractivity contribution in [2.45, 2.75) is 0 Å². The number of nitrogens with zero attached hydrogens (tertiary/aromatic N) is 3. The molecule has 0 radical (unpaired) electrons. The average molecular weight is 465 g/mol. The van der Waals surface area contributed by atoms with Crippen molar-refractivity contribution < 1.29 is 9.18 Å². The number of fused-ring (bicyclic) bond motifs is 1. The summed E-state index contributed by atoms with van der Waals surface area (Å²) in [5.41, 5.74) is 1.19. The lowest BCUT2D eigenvalue weighted by Crippen LogP contribution is -2.14. The number of carbonyl (C=O) groups is 1. The van der Waals surface area contributed by atoms with Crippen LogP contribution in [-0.2, 0) is 7.05 Å². The fraction of sp³-hybridized carbons (Fsp3) is 0.0500. The SMILES string of the molecule is Cn1c(Nc2c(Cl)cccc2Cl)nc2cc(C(=O)Nc3cc(Cl)ccn3)c(F)cc21. The zero-order chi connectivity index (χ0) is 21.4. The molecule has 2 N–H and O–H groups in total. The quantitative estimate of drug-likeness (QED) is 0.385. The Morgan fingerprint density at radius 1 is 1.10 bits per heavy atom. The van der Waals surface area contributed by atoms with Gasteiger partial charge in [0.2, 0.25) is 5.95 Å². The summed E-state index contributed by atoms with van der Waals surface area (Å²) in [6, 6.07) is 10.7. The van der Waals surface area contributed by atoms with Gasteiger partial charge in [0.15, 0.2) is 0 Å². The molecule has 2 heterocycles. The Balaban J connectivity index is 1.69. The van der Waals surface area contributed by atoms with Gasteiger partial charge >= 0.3 is 0 Å². The highest BCUT2D eigenvalue weighted by Gasteiger charge is 2.18. The highest BCUT2D eigenvalue weighted by Crippen LogP contribution is 2.33. The molecule has 152 valence electrons. The van der Waals surface area contributed by atoms with E-state index in [1.54, 1.807) is 35.9 Å². The Kier molecular flexibility index (Phi) is 5.51. The van der Waals surface area contributed by atoms with E-state index in [2.05, 4.69) is 20.6 Å². The van der Waals surface area contributed by atoms with Gasteiger partial charge in [0, 0.05) is 24.3 Å². The third-order valence-corrected chi connectivity index (χ3v) is 5.24. The van der Waals surface area contributed by atoms with E-state index in [1.807, 2.05) is 0 Å². The van der Waals surface area contributed by atoms with Crippen molar-refractivity contribution >= 4 is 69.2 Å². The minimum Gasteiger partial charge on any atom is -0.323 e. The number of amides is 1. The van der Waals surface area contributed by atoms with Crippen molar-refractivity contribution in [1.82, 2.24) is 14.5 Å². The monoisotopic (exact) mass is 463 g/mol. The van der Waals surface area contributed by atoms with Crippen LogP contribution in [0.5, 0.6) is 0 Å². The number of nitrogens with one attached hydrogen (secondary N) is 2. The van der Waals surface area contributed by atoms with Crippen LogP contribution in [0.1, 0.15) is 10.4 Å². The Labute approximate surface area is 185 Å². The molecular formula is C20H13Cl3FN5O. The van der Waals surface area contributed by atoms with Crippen molar-refractivity contribution in [3.63, 3.8) is 0 Å². The van der Waals surface area contributed by atoms with E-state index in [-0.39, 0.29) is 11.4 Å². The van der Waals surface area contributed by atoms with Crippen LogP contribution in [0.15, 0.2) is 48.7 Å². The van der Waals surface area contributed by atoms with Crippen molar-refractivity contribution in [1.29, 1.82) is 0 Å². The molecule has 10 heteroatoms. The first kappa shape index (κ1) is 20.4. The third kappa shape index (κ3) is 3.92. The Morgan fingerprint density at radius 2 is 1.83 bits per heavy atom. The highest BCUT2D eigenvalue weighted by atomic mass is 35.5. The number of rotatable bonds is 4. The molecule has 4 rings (SSSR count). The number of anilines is 3. The zero-order valence-corrected chi connectivity index (χ0v) is 17.6. The van der Waals surface area contributed by atoms with Crippen molar-refractivity contribution in [3.8, 4) is 0 Å². The van der Waals surface area contributed by atoms with Gasteiger partial charge in [-0.25, -0.2) is 14.4 Å². The van der Waals surface area contributed by atoms with E-state index in [0.29, 0.717) is 37.7 Å². The summed E-state index contributed by atoms with van der Waals surface area (Å²) in [5, 5.41) is 6.80. The molecule has 0 unspecified atom stereocenters. The van der Waals surface area contributed by atoms with Crippen LogP contribution < -0.4 is 10.6 Å². The maximum atomic E-state index is 14.7. The maximum Gasteiger partial charge on any atom is 0.259 e. The topological polar surface area (TPSA) is 71.8 Å². The van der Waals surface area contributed by atoms with Crippen LogP contribution >= 0.6 is 34.8 Å². The lowest BCUT2D eigenvalue weighted by Gasteiger charge is -2.09. The molecule has 2 aromatic carbocycles. The number of para-hydroxylation sites is 1. The van der Waals surface area contributed by atoms with Crippen LogP contribution in [0.25, 0.3) is 11.0 Å². The molecule has 2 aromatic heterocycles. The molecule has 0 bridgehead atoms. The molecule has 0 aliphatic rings. The fourth-order valence-electron chi connectivity index (χ4n) is 2.88. The van der Waals surface area contributed by atoms with E-state index in [4.69, 9.17) is 34.8 Å². The molecule has 0 saturated heterocycles. The second-order valence-corrected chi connectivity index (χ2v) is 7.60. The molecule has 0 aliphatic heterocycles. The van der Waals surface area contributed by atoms with Gasteiger partial charge in [-0.1, -0.05) is 40.9 Å². The lowest BCUT2D eigenvalue weighted by atomic mass is 10.1. The summed E-state index contributed by atoms with van der Waals surface area (Å²) in [5.74, 6) is -0.775. The van der Waals surface area contributed by atoms with Gasteiger partial charge in [0.25, 0.3) is 5.91 Å². The molecule has 6 nitrogen and oxygen atoms in total. The van der Waals surface area contributed by atoms with E-state index in [1.165, 1.54) is 24.4 Å². The van der Waals surface area contributed by atoms with Crippen LogP contribution in [-0.4, -0.2) is 20.4 Å². The summed E-state index contributed by atoms with van der Waals surface area (Å²) in [6.45, 7) is 0. The molecule has 4 aromatic rings. The standard InChI is InChI=1S/C20H13Cl3FN5O/c1-29-16-9-14(24)11(19(30)27-17-7-10(21)5-6-25-17)8-15(16)26-20(29)28-18-12(22)3-2-4-13(18)23/h2-9H,1H3,(H,26,28)(H,25,27,30). The smallest absolute Gasteiger partial charge is 0.259 e. The first-order valence-corrected chi connectivity index (χ1v) is 9.77. The number of pyridine rings is 1. The molecule has 0 spiro atoms. The van der Waals surface area contributed by atoms with E-state index in [9.17, 15) is 9.18 Å².